The summed E-state index contributed by atoms with van der Waals surface area (Å²) in [7, 11) is -3.22. The predicted molar refractivity (Wildman–Crippen MR) is 121 cm³/mol. The molecule has 2 aromatic carbocycles. The molecule has 0 aromatic heterocycles. The van der Waals surface area contributed by atoms with E-state index in [0.29, 0.717) is 10.0 Å². The molecule has 0 aliphatic carbocycles. The second-order valence-electron chi connectivity index (χ2n) is 7.87. The number of rotatable bonds is 6. The van der Waals surface area contributed by atoms with Crippen LogP contribution in [0.25, 0.3) is 0 Å². The van der Waals surface area contributed by atoms with Crippen LogP contribution in [0.2, 0.25) is 10.0 Å². The highest BCUT2D eigenvalue weighted by molar-refractivity contribution is 7.90. The SMILES string of the molecule is C[C@@H](NC(=O)C1CCN(Cc2ccc(Cl)c(Cl)c2)CC1)c1ccc(S(C)(=O)=O)cc1. The normalized spacial score (nSPS) is 16.9. The van der Waals surface area contributed by atoms with Gasteiger partial charge in [-0.1, -0.05) is 41.4 Å². The molecule has 1 saturated heterocycles. The van der Waals surface area contributed by atoms with Crippen molar-refractivity contribution >= 4 is 38.9 Å². The number of halogens is 2. The summed E-state index contributed by atoms with van der Waals surface area (Å²) in [5, 5.41) is 4.17. The van der Waals surface area contributed by atoms with Crippen molar-refractivity contribution in [1.29, 1.82) is 0 Å². The number of likely N-dealkylation sites (tertiary alicyclic amines) is 1. The van der Waals surface area contributed by atoms with Crippen LogP contribution in [0.15, 0.2) is 47.4 Å². The van der Waals surface area contributed by atoms with Gasteiger partial charge in [0.1, 0.15) is 0 Å². The number of piperidine rings is 1. The first-order valence-corrected chi connectivity index (χ1v) is 12.5. The summed E-state index contributed by atoms with van der Waals surface area (Å²) in [5.74, 6) is 0.0247. The quantitative estimate of drug-likeness (QED) is 0.677. The van der Waals surface area contributed by atoms with E-state index >= 15 is 0 Å². The van der Waals surface area contributed by atoms with E-state index in [2.05, 4.69) is 10.2 Å². The van der Waals surface area contributed by atoms with Crippen molar-refractivity contribution in [2.24, 2.45) is 5.92 Å². The van der Waals surface area contributed by atoms with Gasteiger partial charge in [0.15, 0.2) is 9.84 Å². The van der Waals surface area contributed by atoms with E-state index in [9.17, 15) is 13.2 Å². The maximum atomic E-state index is 12.7. The molecular formula is C22H26Cl2N2O3S. The van der Waals surface area contributed by atoms with Crippen LogP contribution in [0.3, 0.4) is 0 Å². The van der Waals surface area contributed by atoms with Gasteiger partial charge < -0.3 is 5.32 Å². The highest BCUT2D eigenvalue weighted by Gasteiger charge is 2.26. The minimum atomic E-state index is -3.22. The van der Waals surface area contributed by atoms with E-state index in [-0.39, 0.29) is 22.8 Å². The Hall–Kier alpha value is -1.60. The van der Waals surface area contributed by atoms with E-state index in [0.717, 1.165) is 43.6 Å². The molecule has 1 atom stereocenters. The van der Waals surface area contributed by atoms with Crippen molar-refractivity contribution in [2.45, 2.75) is 37.2 Å². The second kappa shape index (κ2) is 9.69. The average Bonchev–Trinajstić information content (AvgIpc) is 2.70. The summed E-state index contributed by atoms with van der Waals surface area (Å²) in [5.41, 5.74) is 1.99. The molecule has 30 heavy (non-hydrogen) atoms. The number of nitrogens with zero attached hydrogens (tertiary/aromatic N) is 1. The molecular weight excluding hydrogens is 443 g/mol. The summed E-state index contributed by atoms with van der Waals surface area (Å²) in [6, 6.07) is 12.2. The molecule has 1 heterocycles. The lowest BCUT2D eigenvalue weighted by molar-refractivity contribution is -0.127. The molecule has 3 rings (SSSR count). The third kappa shape index (κ3) is 5.97. The molecule has 5 nitrogen and oxygen atoms in total. The van der Waals surface area contributed by atoms with Crippen LogP contribution in [-0.2, 0) is 21.2 Å². The molecule has 162 valence electrons. The summed E-state index contributed by atoms with van der Waals surface area (Å²) < 4.78 is 23.2. The van der Waals surface area contributed by atoms with E-state index in [1.54, 1.807) is 24.3 Å². The van der Waals surface area contributed by atoms with Crippen LogP contribution in [0.5, 0.6) is 0 Å². The number of nitrogens with one attached hydrogen (secondary N) is 1. The molecule has 8 heteroatoms. The van der Waals surface area contributed by atoms with Gasteiger partial charge >= 0.3 is 0 Å². The van der Waals surface area contributed by atoms with Crippen molar-refractivity contribution in [3.8, 4) is 0 Å². The first-order valence-electron chi connectivity index (χ1n) is 9.90. The lowest BCUT2D eigenvalue weighted by atomic mass is 9.95. The molecule has 1 N–H and O–H groups in total. The van der Waals surface area contributed by atoms with Gasteiger partial charge in [0.2, 0.25) is 5.91 Å². The van der Waals surface area contributed by atoms with Crippen molar-refractivity contribution in [3.05, 3.63) is 63.6 Å². The fraction of sp³-hybridized carbons (Fsp3) is 0.409. The Morgan fingerprint density at radius 2 is 1.73 bits per heavy atom. The number of benzene rings is 2. The highest BCUT2D eigenvalue weighted by atomic mass is 35.5. The third-order valence-corrected chi connectivity index (χ3v) is 7.38. The van der Waals surface area contributed by atoms with Crippen LogP contribution in [-0.4, -0.2) is 38.6 Å². The number of carbonyl (C=O) groups excluding carboxylic acids is 1. The molecule has 1 aliphatic heterocycles. The molecule has 1 aliphatic rings. The van der Waals surface area contributed by atoms with Gasteiger partial charge in [0, 0.05) is 18.7 Å². The lowest BCUT2D eigenvalue weighted by Crippen LogP contribution is -2.40. The van der Waals surface area contributed by atoms with Crippen molar-refractivity contribution < 1.29 is 13.2 Å². The maximum Gasteiger partial charge on any atom is 0.223 e. The van der Waals surface area contributed by atoms with Crippen LogP contribution in [0.4, 0.5) is 0 Å². The lowest BCUT2D eigenvalue weighted by Gasteiger charge is -2.32. The number of sulfone groups is 1. The largest absolute Gasteiger partial charge is 0.349 e. The van der Waals surface area contributed by atoms with Gasteiger partial charge in [0.05, 0.1) is 21.0 Å². The number of hydrogen-bond acceptors (Lipinski definition) is 4. The minimum Gasteiger partial charge on any atom is -0.349 e. The summed E-state index contributed by atoms with van der Waals surface area (Å²) in [6.45, 7) is 4.38. The Morgan fingerprint density at radius 3 is 2.30 bits per heavy atom. The molecule has 0 bridgehead atoms. The van der Waals surface area contributed by atoms with Crippen molar-refractivity contribution in [1.82, 2.24) is 10.2 Å². The second-order valence-corrected chi connectivity index (χ2v) is 10.7. The summed E-state index contributed by atoms with van der Waals surface area (Å²) >= 11 is 12.1. The summed E-state index contributed by atoms with van der Waals surface area (Å²) in [4.78, 5) is 15.3. The maximum absolute atomic E-state index is 12.7. The Labute approximate surface area is 188 Å². The monoisotopic (exact) mass is 468 g/mol. The molecule has 1 amide bonds. The van der Waals surface area contributed by atoms with E-state index < -0.39 is 9.84 Å². The number of carbonyl (C=O) groups is 1. The summed E-state index contributed by atoms with van der Waals surface area (Å²) in [6.07, 6.45) is 2.78. The molecule has 1 fully saturated rings. The predicted octanol–water partition coefficient (Wildman–Crippen LogP) is 4.49. The average molecular weight is 469 g/mol. The van der Waals surface area contributed by atoms with Gasteiger partial charge in [-0.3, -0.25) is 9.69 Å². The molecule has 0 unspecified atom stereocenters. The first-order chi connectivity index (χ1) is 14.1. The zero-order valence-electron chi connectivity index (χ0n) is 17.1. The number of hydrogen-bond donors (Lipinski definition) is 1. The Balaban J connectivity index is 1.50. The third-order valence-electron chi connectivity index (χ3n) is 5.52. The molecule has 2 aromatic rings. The minimum absolute atomic E-state index is 0.0206. The van der Waals surface area contributed by atoms with Crippen molar-refractivity contribution in [2.75, 3.05) is 19.3 Å². The fourth-order valence-electron chi connectivity index (χ4n) is 3.67. The number of amides is 1. The highest BCUT2D eigenvalue weighted by Crippen LogP contribution is 2.25. The van der Waals surface area contributed by atoms with Gasteiger partial charge in [-0.25, -0.2) is 8.42 Å². The van der Waals surface area contributed by atoms with Gasteiger partial charge in [-0.15, -0.1) is 0 Å². The Bertz CT molecular complexity index is 1000. The molecule has 0 saturated carbocycles. The van der Waals surface area contributed by atoms with Gasteiger partial charge in [-0.2, -0.15) is 0 Å². The van der Waals surface area contributed by atoms with Crippen LogP contribution < -0.4 is 5.32 Å². The van der Waals surface area contributed by atoms with Crippen LogP contribution in [0.1, 0.15) is 36.9 Å². The smallest absolute Gasteiger partial charge is 0.223 e. The zero-order chi connectivity index (χ0) is 21.9. The van der Waals surface area contributed by atoms with Crippen LogP contribution in [0, 0.1) is 5.92 Å². The fourth-order valence-corrected chi connectivity index (χ4v) is 4.62. The van der Waals surface area contributed by atoms with Crippen molar-refractivity contribution in [3.63, 3.8) is 0 Å². The Morgan fingerprint density at radius 1 is 1.10 bits per heavy atom. The molecule has 0 spiro atoms. The zero-order valence-corrected chi connectivity index (χ0v) is 19.4. The van der Waals surface area contributed by atoms with E-state index in [1.165, 1.54) is 6.26 Å². The van der Waals surface area contributed by atoms with Gasteiger partial charge in [0.25, 0.3) is 0 Å². The van der Waals surface area contributed by atoms with E-state index in [4.69, 9.17) is 23.2 Å². The van der Waals surface area contributed by atoms with Gasteiger partial charge in [-0.05, 0) is 68.2 Å². The van der Waals surface area contributed by atoms with E-state index in [1.807, 2.05) is 25.1 Å². The van der Waals surface area contributed by atoms with Crippen LogP contribution >= 0.6 is 23.2 Å². The molecule has 0 radical (unpaired) electrons. The first kappa shape index (κ1) is 23.1. The standard InChI is InChI=1S/C22H26Cl2N2O3S/c1-15(17-4-6-19(7-5-17)30(2,28)29)25-22(27)18-9-11-26(12-10-18)14-16-3-8-20(23)21(24)13-16/h3-8,13,15,18H,9-12,14H2,1-2H3,(H,25,27)/t15-/m1/s1. The topological polar surface area (TPSA) is 66.5 Å². The Kier molecular flexibility index (Phi) is 7.45.